The molecule has 5 heteroatoms. The van der Waals surface area contributed by atoms with Gasteiger partial charge in [-0.25, -0.2) is 9.97 Å². The average Bonchev–Trinajstić information content (AvgIpc) is 2.83. The van der Waals surface area contributed by atoms with E-state index in [0.29, 0.717) is 11.0 Å². The normalized spacial score (nSPS) is 11.7. The monoisotopic (exact) mass is 235 g/mol. The molecule has 2 heterocycles. The van der Waals surface area contributed by atoms with Crippen LogP contribution in [0, 0.1) is 0 Å². The highest BCUT2D eigenvalue weighted by Crippen LogP contribution is 2.16. The number of nitrogen functional groups attached to an aromatic ring is 1. The Morgan fingerprint density at radius 3 is 2.62 bits per heavy atom. The van der Waals surface area contributed by atoms with Gasteiger partial charge in [0, 0.05) is 11.3 Å². The van der Waals surface area contributed by atoms with Crippen LogP contribution < -0.4 is 5.73 Å². The SMILES string of the molecule is CC(C)c1nc(/C=C/c2csc(N)n2)co1. The van der Waals surface area contributed by atoms with Crippen molar-refractivity contribution in [3.8, 4) is 0 Å². The maximum absolute atomic E-state index is 5.53. The van der Waals surface area contributed by atoms with Crippen LogP contribution in [0.2, 0.25) is 0 Å². The van der Waals surface area contributed by atoms with Crippen molar-refractivity contribution in [3.63, 3.8) is 0 Å². The minimum absolute atomic E-state index is 0.303. The molecular formula is C11H13N3OS. The fraction of sp³-hybridized carbons (Fsp3) is 0.273. The van der Waals surface area contributed by atoms with Gasteiger partial charge in [-0.3, -0.25) is 0 Å². The van der Waals surface area contributed by atoms with E-state index in [1.165, 1.54) is 11.3 Å². The molecule has 2 N–H and O–H groups in total. The van der Waals surface area contributed by atoms with Crippen LogP contribution in [0.5, 0.6) is 0 Å². The van der Waals surface area contributed by atoms with E-state index < -0.39 is 0 Å². The molecule has 0 fully saturated rings. The van der Waals surface area contributed by atoms with Gasteiger partial charge in [-0.2, -0.15) is 0 Å². The summed E-state index contributed by atoms with van der Waals surface area (Å²) >= 11 is 1.42. The predicted octanol–water partition coefficient (Wildman–Crippen LogP) is 3.01. The molecule has 0 saturated carbocycles. The number of thiazole rings is 1. The summed E-state index contributed by atoms with van der Waals surface area (Å²) in [6, 6.07) is 0. The smallest absolute Gasteiger partial charge is 0.197 e. The van der Waals surface area contributed by atoms with Crippen molar-refractivity contribution >= 4 is 28.6 Å². The lowest BCUT2D eigenvalue weighted by Gasteiger charge is -1.93. The van der Waals surface area contributed by atoms with E-state index in [9.17, 15) is 0 Å². The van der Waals surface area contributed by atoms with Crippen molar-refractivity contribution in [2.45, 2.75) is 19.8 Å². The van der Waals surface area contributed by atoms with Crippen LogP contribution in [0.25, 0.3) is 12.2 Å². The second-order valence-electron chi connectivity index (χ2n) is 3.71. The molecule has 0 aliphatic rings. The van der Waals surface area contributed by atoms with Crippen molar-refractivity contribution < 1.29 is 4.42 Å². The predicted molar refractivity (Wildman–Crippen MR) is 66.0 cm³/mol. The Kier molecular flexibility index (Phi) is 3.05. The van der Waals surface area contributed by atoms with Crippen molar-refractivity contribution in [3.05, 3.63) is 28.9 Å². The number of nitrogens with two attached hydrogens (primary N) is 1. The second kappa shape index (κ2) is 4.49. The molecule has 0 amide bonds. The summed E-state index contributed by atoms with van der Waals surface area (Å²) < 4.78 is 5.31. The Bertz CT molecular complexity index is 499. The summed E-state index contributed by atoms with van der Waals surface area (Å²) in [6.07, 6.45) is 5.38. The Morgan fingerprint density at radius 1 is 1.31 bits per heavy atom. The summed E-state index contributed by atoms with van der Waals surface area (Å²) in [5.41, 5.74) is 7.18. The van der Waals surface area contributed by atoms with Gasteiger partial charge >= 0.3 is 0 Å². The van der Waals surface area contributed by atoms with E-state index in [1.54, 1.807) is 6.26 Å². The molecule has 2 aromatic heterocycles. The molecule has 0 radical (unpaired) electrons. The summed E-state index contributed by atoms with van der Waals surface area (Å²) in [4.78, 5) is 8.44. The fourth-order valence-corrected chi connectivity index (χ4v) is 1.72. The molecular weight excluding hydrogens is 222 g/mol. The van der Waals surface area contributed by atoms with Gasteiger partial charge in [-0.15, -0.1) is 11.3 Å². The van der Waals surface area contributed by atoms with Gasteiger partial charge in [-0.1, -0.05) is 13.8 Å². The Labute approximate surface area is 97.8 Å². The van der Waals surface area contributed by atoms with E-state index in [2.05, 4.69) is 9.97 Å². The molecule has 2 aromatic rings. The first kappa shape index (κ1) is 10.9. The van der Waals surface area contributed by atoms with Crippen LogP contribution in [-0.2, 0) is 0 Å². The molecule has 0 unspecified atom stereocenters. The average molecular weight is 235 g/mol. The zero-order chi connectivity index (χ0) is 11.5. The van der Waals surface area contributed by atoms with Gasteiger partial charge in [0.1, 0.15) is 12.0 Å². The number of aromatic nitrogens is 2. The van der Waals surface area contributed by atoms with Gasteiger partial charge in [0.15, 0.2) is 11.0 Å². The standard InChI is InChI=1S/C11H13N3OS/c1-7(2)10-13-8(5-15-10)3-4-9-6-16-11(12)14-9/h3-7H,1-2H3,(H2,12,14)/b4-3+. The highest BCUT2D eigenvalue weighted by molar-refractivity contribution is 7.13. The first-order valence-corrected chi connectivity index (χ1v) is 5.87. The molecule has 0 spiro atoms. The summed E-state index contributed by atoms with van der Waals surface area (Å²) in [5.74, 6) is 1.05. The van der Waals surface area contributed by atoms with Crippen molar-refractivity contribution in [1.29, 1.82) is 0 Å². The Morgan fingerprint density at radius 2 is 2.06 bits per heavy atom. The van der Waals surface area contributed by atoms with Gasteiger partial charge in [0.05, 0.1) is 5.69 Å². The first-order chi connectivity index (χ1) is 7.65. The Balaban J connectivity index is 2.11. The maximum atomic E-state index is 5.53. The molecule has 0 aliphatic carbocycles. The molecule has 4 nitrogen and oxygen atoms in total. The third kappa shape index (κ3) is 2.49. The summed E-state index contributed by atoms with van der Waals surface area (Å²) in [6.45, 7) is 4.08. The number of nitrogens with zero attached hydrogens (tertiary/aromatic N) is 2. The lowest BCUT2D eigenvalue weighted by molar-refractivity contribution is 0.471. The molecule has 0 aliphatic heterocycles. The molecule has 2 rings (SSSR count). The van der Waals surface area contributed by atoms with Crippen LogP contribution in [0.4, 0.5) is 5.13 Å². The number of rotatable bonds is 3. The van der Waals surface area contributed by atoms with Crippen LogP contribution >= 0.6 is 11.3 Å². The van der Waals surface area contributed by atoms with Gasteiger partial charge < -0.3 is 10.2 Å². The van der Waals surface area contributed by atoms with Gasteiger partial charge in [-0.05, 0) is 12.2 Å². The molecule has 84 valence electrons. The fourth-order valence-electron chi connectivity index (χ4n) is 1.19. The topological polar surface area (TPSA) is 64.9 Å². The number of oxazole rings is 1. The second-order valence-corrected chi connectivity index (χ2v) is 4.60. The lowest BCUT2D eigenvalue weighted by Crippen LogP contribution is -1.86. The first-order valence-electron chi connectivity index (χ1n) is 4.99. The van der Waals surface area contributed by atoms with Gasteiger partial charge in [0.25, 0.3) is 0 Å². The van der Waals surface area contributed by atoms with E-state index in [-0.39, 0.29) is 0 Å². The molecule has 0 atom stereocenters. The van der Waals surface area contributed by atoms with Crippen LogP contribution in [-0.4, -0.2) is 9.97 Å². The van der Waals surface area contributed by atoms with E-state index >= 15 is 0 Å². The third-order valence-electron chi connectivity index (χ3n) is 2.00. The van der Waals surface area contributed by atoms with Crippen molar-refractivity contribution in [2.24, 2.45) is 0 Å². The molecule has 16 heavy (non-hydrogen) atoms. The van der Waals surface area contributed by atoms with Crippen LogP contribution in [0.3, 0.4) is 0 Å². The number of hydrogen-bond donors (Lipinski definition) is 1. The summed E-state index contributed by atoms with van der Waals surface area (Å²) in [7, 11) is 0. The minimum Gasteiger partial charge on any atom is -0.448 e. The quantitative estimate of drug-likeness (QED) is 0.888. The van der Waals surface area contributed by atoms with E-state index in [1.807, 2.05) is 31.4 Å². The van der Waals surface area contributed by atoms with E-state index in [4.69, 9.17) is 10.2 Å². The highest BCUT2D eigenvalue weighted by atomic mass is 32.1. The molecule has 0 aromatic carbocycles. The van der Waals surface area contributed by atoms with E-state index in [0.717, 1.165) is 17.3 Å². The Hall–Kier alpha value is -1.62. The largest absolute Gasteiger partial charge is 0.448 e. The van der Waals surface area contributed by atoms with Crippen LogP contribution in [0.15, 0.2) is 16.1 Å². The van der Waals surface area contributed by atoms with Crippen molar-refractivity contribution in [2.75, 3.05) is 5.73 Å². The zero-order valence-corrected chi connectivity index (χ0v) is 9.99. The maximum Gasteiger partial charge on any atom is 0.197 e. The number of anilines is 1. The van der Waals surface area contributed by atoms with Crippen LogP contribution in [0.1, 0.15) is 37.0 Å². The highest BCUT2D eigenvalue weighted by Gasteiger charge is 2.05. The minimum atomic E-state index is 0.303. The third-order valence-corrected chi connectivity index (χ3v) is 2.69. The zero-order valence-electron chi connectivity index (χ0n) is 9.18. The molecule has 0 saturated heterocycles. The van der Waals surface area contributed by atoms with Gasteiger partial charge in [0.2, 0.25) is 0 Å². The number of hydrogen-bond acceptors (Lipinski definition) is 5. The lowest BCUT2D eigenvalue weighted by atomic mass is 10.2. The molecule has 0 bridgehead atoms. The summed E-state index contributed by atoms with van der Waals surface area (Å²) in [5, 5.41) is 2.47. The van der Waals surface area contributed by atoms with Crippen molar-refractivity contribution in [1.82, 2.24) is 9.97 Å².